The second-order valence-corrected chi connectivity index (χ2v) is 11.3. The van der Waals surface area contributed by atoms with Crippen LogP contribution in [-0.4, -0.2) is 46.5 Å². The quantitative estimate of drug-likeness (QED) is 0.328. The van der Waals surface area contributed by atoms with E-state index in [0.717, 1.165) is 72.4 Å². The van der Waals surface area contributed by atoms with Crippen molar-refractivity contribution in [1.29, 1.82) is 0 Å². The molecule has 1 fully saturated rings. The van der Waals surface area contributed by atoms with Gasteiger partial charge in [-0.05, 0) is 65.1 Å². The third kappa shape index (κ3) is 5.82. The van der Waals surface area contributed by atoms with Gasteiger partial charge >= 0.3 is 5.97 Å². The van der Waals surface area contributed by atoms with Crippen molar-refractivity contribution in [1.82, 2.24) is 35.4 Å². The number of carboxylic acids is 1. The molecule has 1 saturated carbocycles. The number of nitrogens with one attached hydrogen (secondary N) is 1. The molecule has 1 aliphatic rings. The number of H-pyrrole nitrogens is 1. The minimum Gasteiger partial charge on any atom is -0.481 e. The highest BCUT2D eigenvalue weighted by molar-refractivity contribution is 5.80. The Kier molecular flexibility index (Phi) is 7.35. The van der Waals surface area contributed by atoms with Crippen molar-refractivity contribution < 1.29 is 9.90 Å². The third-order valence-electron chi connectivity index (χ3n) is 7.52. The fourth-order valence-electron chi connectivity index (χ4n) is 5.21. The van der Waals surface area contributed by atoms with Crippen molar-refractivity contribution in [2.24, 2.45) is 11.8 Å². The lowest BCUT2D eigenvalue weighted by molar-refractivity contribution is -0.143. The van der Waals surface area contributed by atoms with Gasteiger partial charge in [-0.2, -0.15) is 5.10 Å². The van der Waals surface area contributed by atoms with Gasteiger partial charge in [0.15, 0.2) is 11.6 Å². The van der Waals surface area contributed by atoms with Gasteiger partial charge in [0.2, 0.25) is 0 Å². The van der Waals surface area contributed by atoms with E-state index in [0.29, 0.717) is 18.3 Å². The van der Waals surface area contributed by atoms with E-state index < -0.39 is 5.97 Å². The first kappa shape index (κ1) is 25.8. The van der Waals surface area contributed by atoms with Gasteiger partial charge in [0.25, 0.3) is 0 Å². The Hall–Kier alpha value is -3.88. The molecule has 0 bridgehead atoms. The zero-order valence-electron chi connectivity index (χ0n) is 22.3. The molecule has 4 aromatic rings. The molecule has 2 heterocycles. The van der Waals surface area contributed by atoms with Crippen LogP contribution in [0.15, 0.2) is 48.5 Å². The van der Waals surface area contributed by atoms with Crippen LogP contribution in [0.4, 0.5) is 0 Å². The van der Waals surface area contributed by atoms with Gasteiger partial charge in [0.05, 0.1) is 12.5 Å². The molecule has 38 heavy (non-hydrogen) atoms. The first-order valence-corrected chi connectivity index (χ1v) is 13.4. The summed E-state index contributed by atoms with van der Waals surface area (Å²) < 4.78 is 2.05. The molecule has 9 nitrogen and oxygen atoms in total. The molecule has 0 radical (unpaired) electrons. The van der Waals surface area contributed by atoms with E-state index in [1.54, 1.807) is 0 Å². The Balaban J connectivity index is 1.32. The van der Waals surface area contributed by atoms with Crippen molar-refractivity contribution in [3.8, 4) is 22.5 Å². The van der Waals surface area contributed by atoms with Gasteiger partial charge < -0.3 is 5.11 Å². The molecule has 0 spiro atoms. The minimum atomic E-state index is -0.650. The maximum absolute atomic E-state index is 11.3. The molecule has 2 N–H and O–H groups in total. The maximum Gasteiger partial charge on any atom is 0.306 e. The fraction of sp³-hybridized carbons (Fsp3) is 0.448. The van der Waals surface area contributed by atoms with Crippen molar-refractivity contribution in [2.75, 3.05) is 0 Å². The largest absolute Gasteiger partial charge is 0.481 e. The monoisotopic (exact) mass is 513 g/mol. The Morgan fingerprint density at radius 2 is 1.74 bits per heavy atom. The van der Waals surface area contributed by atoms with E-state index >= 15 is 0 Å². The Bertz CT molecular complexity index is 1360. The number of nitrogens with zero attached hydrogens (tertiary/aromatic N) is 6. The standard InChI is InChI=1S/C29H35N7O2/c1-29(2,3)28-30-25(17-12-19-8-15-22(16-9-19)27(37)38)36(33-28)18-20-10-13-21(14-11-20)23-6-4-5-7-24(23)26-31-34-35-32-26/h4-7,10-11,13-14,19,22H,8-9,12,15-18H2,1-3H3,(H,37,38)(H,31,32,34,35). The Labute approximate surface area is 222 Å². The Morgan fingerprint density at radius 3 is 2.37 bits per heavy atom. The molecular weight excluding hydrogens is 478 g/mol. The smallest absolute Gasteiger partial charge is 0.306 e. The van der Waals surface area contributed by atoms with E-state index in [-0.39, 0.29) is 11.3 Å². The number of aryl methyl sites for hydroxylation is 1. The lowest BCUT2D eigenvalue weighted by Gasteiger charge is -2.25. The van der Waals surface area contributed by atoms with Gasteiger partial charge in [0, 0.05) is 17.4 Å². The van der Waals surface area contributed by atoms with Crippen LogP contribution in [0.5, 0.6) is 0 Å². The van der Waals surface area contributed by atoms with Crippen LogP contribution in [0.25, 0.3) is 22.5 Å². The summed E-state index contributed by atoms with van der Waals surface area (Å²) in [4.78, 5) is 16.2. The van der Waals surface area contributed by atoms with E-state index in [1.807, 2.05) is 22.9 Å². The maximum atomic E-state index is 11.3. The molecule has 2 aromatic heterocycles. The van der Waals surface area contributed by atoms with Crippen LogP contribution >= 0.6 is 0 Å². The molecule has 0 aliphatic heterocycles. The third-order valence-corrected chi connectivity index (χ3v) is 7.52. The zero-order chi connectivity index (χ0) is 26.7. The number of aromatic nitrogens is 7. The van der Waals surface area contributed by atoms with E-state index in [4.69, 9.17) is 10.1 Å². The van der Waals surface area contributed by atoms with E-state index in [2.05, 4.69) is 71.7 Å². The highest BCUT2D eigenvalue weighted by atomic mass is 16.4. The average Bonchev–Trinajstić information content (AvgIpc) is 3.59. The van der Waals surface area contributed by atoms with Crippen molar-refractivity contribution in [3.05, 3.63) is 65.7 Å². The molecule has 0 unspecified atom stereocenters. The number of carbonyl (C=O) groups is 1. The second-order valence-electron chi connectivity index (χ2n) is 11.3. The summed E-state index contributed by atoms with van der Waals surface area (Å²) in [6.07, 6.45) is 5.38. The first-order valence-electron chi connectivity index (χ1n) is 13.4. The van der Waals surface area contributed by atoms with Crippen molar-refractivity contribution >= 4 is 5.97 Å². The molecule has 2 aromatic carbocycles. The summed E-state index contributed by atoms with van der Waals surface area (Å²) in [5, 5.41) is 28.6. The lowest BCUT2D eigenvalue weighted by atomic mass is 9.80. The zero-order valence-corrected chi connectivity index (χ0v) is 22.3. The van der Waals surface area contributed by atoms with Crippen molar-refractivity contribution in [2.45, 2.75) is 71.3 Å². The highest BCUT2D eigenvalue weighted by Gasteiger charge is 2.27. The van der Waals surface area contributed by atoms with Crippen molar-refractivity contribution in [3.63, 3.8) is 0 Å². The predicted molar refractivity (Wildman–Crippen MR) is 144 cm³/mol. The number of rotatable bonds is 8. The van der Waals surface area contributed by atoms with Crippen LogP contribution in [0.3, 0.4) is 0 Å². The predicted octanol–water partition coefficient (Wildman–Crippen LogP) is 5.29. The van der Waals surface area contributed by atoms with Crippen LogP contribution < -0.4 is 0 Å². The molecule has 1 aliphatic carbocycles. The summed E-state index contributed by atoms with van der Waals surface area (Å²) in [5.74, 6) is 2.22. The number of carboxylic acid groups (broad SMARTS) is 1. The highest BCUT2D eigenvalue weighted by Crippen LogP contribution is 2.32. The number of aliphatic carboxylic acids is 1. The summed E-state index contributed by atoms with van der Waals surface area (Å²) in [6, 6.07) is 16.6. The summed E-state index contributed by atoms with van der Waals surface area (Å²) in [5.41, 5.74) is 4.12. The molecule has 9 heteroatoms. The Morgan fingerprint density at radius 1 is 1.03 bits per heavy atom. The summed E-state index contributed by atoms with van der Waals surface area (Å²) in [7, 11) is 0. The summed E-state index contributed by atoms with van der Waals surface area (Å²) in [6.45, 7) is 7.07. The molecular formula is C29H35N7O2. The van der Waals surface area contributed by atoms with Crippen LogP contribution in [-0.2, 0) is 23.2 Å². The van der Waals surface area contributed by atoms with Crippen LogP contribution in [0.1, 0.15) is 70.1 Å². The topological polar surface area (TPSA) is 122 Å². The number of tetrazole rings is 1. The lowest BCUT2D eigenvalue weighted by Crippen LogP contribution is -2.22. The van der Waals surface area contributed by atoms with Gasteiger partial charge in [-0.1, -0.05) is 69.3 Å². The second kappa shape index (κ2) is 10.8. The molecule has 0 saturated heterocycles. The summed E-state index contributed by atoms with van der Waals surface area (Å²) >= 11 is 0. The minimum absolute atomic E-state index is 0.136. The first-order chi connectivity index (χ1) is 18.3. The molecule has 198 valence electrons. The average molecular weight is 514 g/mol. The molecule has 0 amide bonds. The number of benzene rings is 2. The normalized spacial score (nSPS) is 18.0. The van der Waals surface area contributed by atoms with Gasteiger partial charge in [-0.15, -0.1) is 5.10 Å². The van der Waals surface area contributed by atoms with E-state index in [9.17, 15) is 9.90 Å². The van der Waals surface area contributed by atoms with Gasteiger partial charge in [-0.3, -0.25) is 4.79 Å². The van der Waals surface area contributed by atoms with E-state index in [1.165, 1.54) is 0 Å². The molecule has 0 atom stereocenters. The van der Waals surface area contributed by atoms with Crippen LogP contribution in [0, 0.1) is 11.8 Å². The number of hydrogen-bond acceptors (Lipinski definition) is 6. The number of hydrogen-bond donors (Lipinski definition) is 2. The number of aromatic amines is 1. The molecule has 5 rings (SSSR count). The van der Waals surface area contributed by atoms with Crippen LogP contribution in [0.2, 0.25) is 0 Å². The van der Waals surface area contributed by atoms with Gasteiger partial charge in [-0.25, -0.2) is 14.8 Å². The van der Waals surface area contributed by atoms with Gasteiger partial charge in [0.1, 0.15) is 5.82 Å². The fourth-order valence-corrected chi connectivity index (χ4v) is 5.21. The SMILES string of the molecule is CC(C)(C)c1nc(CCC2CCC(C(=O)O)CC2)n(Cc2ccc(-c3ccccc3-c3nnn[nH]3)cc2)n1.